The molecule has 0 radical (unpaired) electrons. The minimum atomic E-state index is -0.977. The Morgan fingerprint density at radius 1 is 0.933 bits per heavy atom. The summed E-state index contributed by atoms with van der Waals surface area (Å²) in [7, 11) is 1.63. The molecule has 0 fully saturated rings. The molecule has 2 N–H and O–H groups in total. The number of carboxylic acids is 1. The average Bonchev–Trinajstić information content (AvgIpc) is 2.78. The van der Waals surface area contributed by atoms with Crippen molar-refractivity contribution in [3.8, 4) is 17.6 Å². The number of carboxylic acid groups (broad SMARTS) is 1. The summed E-state index contributed by atoms with van der Waals surface area (Å²) in [4.78, 5) is 23.3. The number of amides is 1. The maximum atomic E-state index is 12.4. The van der Waals surface area contributed by atoms with Crippen LogP contribution in [0.3, 0.4) is 0 Å². The minimum Gasteiger partial charge on any atom is -0.497 e. The van der Waals surface area contributed by atoms with Gasteiger partial charge in [0, 0.05) is 24.1 Å². The Bertz CT molecular complexity index is 1110. The van der Waals surface area contributed by atoms with E-state index < -0.39 is 5.97 Å². The summed E-state index contributed by atoms with van der Waals surface area (Å²) in [5, 5.41) is 11.8. The van der Waals surface area contributed by atoms with Gasteiger partial charge in [0.1, 0.15) is 5.75 Å². The first-order valence-corrected chi connectivity index (χ1v) is 9.37. The summed E-state index contributed by atoms with van der Waals surface area (Å²) in [5.74, 6) is 5.82. The molecule has 5 nitrogen and oxygen atoms in total. The van der Waals surface area contributed by atoms with E-state index in [9.17, 15) is 9.59 Å². The molecular weight excluding hydrogens is 378 g/mol. The van der Waals surface area contributed by atoms with Crippen LogP contribution in [-0.2, 0) is 13.0 Å². The summed E-state index contributed by atoms with van der Waals surface area (Å²) in [6.07, 6.45) is 0.583. The average molecular weight is 399 g/mol. The first-order chi connectivity index (χ1) is 14.5. The molecule has 5 heteroatoms. The van der Waals surface area contributed by atoms with E-state index in [-0.39, 0.29) is 11.5 Å². The number of carbonyl (C=O) groups excluding carboxylic acids is 1. The van der Waals surface area contributed by atoms with Crippen LogP contribution in [0.5, 0.6) is 5.75 Å². The molecule has 0 saturated heterocycles. The monoisotopic (exact) mass is 399 g/mol. The molecule has 0 saturated carbocycles. The van der Waals surface area contributed by atoms with Gasteiger partial charge in [-0.2, -0.15) is 0 Å². The quantitative estimate of drug-likeness (QED) is 0.616. The van der Waals surface area contributed by atoms with Crippen molar-refractivity contribution in [3.05, 3.63) is 101 Å². The third-order valence-electron chi connectivity index (χ3n) is 4.44. The van der Waals surface area contributed by atoms with E-state index >= 15 is 0 Å². The van der Waals surface area contributed by atoms with Crippen molar-refractivity contribution < 1.29 is 19.4 Å². The number of rotatable bonds is 6. The number of benzene rings is 3. The Kier molecular flexibility index (Phi) is 6.86. The second-order valence-corrected chi connectivity index (χ2v) is 6.60. The van der Waals surface area contributed by atoms with Gasteiger partial charge < -0.3 is 15.2 Å². The van der Waals surface area contributed by atoms with Crippen LogP contribution in [0.4, 0.5) is 0 Å². The summed E-state index contributed by atoms with van der Waals surface area (Å²) >= 11 is 0. The van der Waals surface area contributed by atoms with E-state index in [0.29, 0.717) is 18.5 Å². The first-order valence-electron chi connectivity index (χ1n) is 9.37. The van der Waals surface area contributed by atoms with Gasteiger partial charge in [0.05, 0.1) is 12.7 Å². The summed E-state index contributed by atoms with van der Waals surface area (Å²) < 4.78 is 5.21. The van der Waals surface area contributed by atoms with Crippen LogP contribution in [0.25, 0.3) is 0 Å². The SMILES string of the molecule is COc1cccc(CC#Cc2cccc(C(=O)NCc3ccc(C(=O)O)cc3)c2)c1. The molecule has 150 valence electrons. The molecule has 0 aliphatic heterocycles. The molecule has 0 aromatic heterocycles. The van der Waals surface area contributed by atoms with Gasteiger partial charge in [0.25, 0.3) is 5.91 Å². The van der Waals surface area contributed by atoms with E-state index in [0.717, 1.165) is 22.4 Å². The maximum absolute atomic E-state index is 12.4. The lowest BCUT2D eigenvalue weighted by atomic mass is 10.1. The van der Waals surface area contributed by atoms with Crippen molar-refractivity contribution in [1.29, 1.82) is 0 Å². The summed E-state index contributed by atoms with van der Waals surface area (Å²) in [6, 6.07) is 21.3. The molecule has 0 bridgehead atoms. The largest absolute Gasteiger partial charge is 0.497 e. The molecule has 30 heavy (non-hydrogen) atoms. The zero-order valence-electron chi connectivity index (χ0n) is 16.5. The molecular formula is C25H21NO4. The Balaban J connectivity index is 1.60. The normalized spacial score (nSPS) is 9.90. The van der Waals surface area contributed by atoms with Crippen LogP contribution in [0.2, 0.25) is 0 Å². The van der Waals surface area contributed by atoms with Gasteiger partial charge in [0.15, 0.2) is 0 Å². The van der Waals surface area contributed by atoms with Crippen LogP contribution < -0.4 is 10.1 Å². The van der Waals surface area contributed by atoms with Crippen LogP contribution in [0.1, 0.15) is 37.4 Å². The predicted molar refractivity (Wildman–Crippen MR) is 115 cm³/mol. The van der Waals surface area contributed by atoms with Crippen molar-refractivity contribution in [2.75, 3.05) is 7.11 Å². The highest BCUT2D eigenvalue weighted by molar-refractivity contribution is 5.94. The topological polar surface area (TPSA) is 75.6 Å². The Hall–Kier alpha value is -4.04. The lowest BCUT2D eigenvalue weighted by Gasteiger charge is -2.06. The van der Waals surface area contributed by atoms with E-state index in [1.54, 1.807) is 37.4 Å². The number of aromatic carboxylic acids is 1. The van der Waals surface area contributed by atoms with Crippen molar-refractivity contribution >= 4 is 11.9 Å². The van der Waals surface area contributed by atoms with Crippen molar-refractivity contribution in [1.82, 2.24) is 5.32 Å². The Labute approximate surface area is 175 Å². The van der Waals surface area contributed by atoms with Gasteiger partial charge in [-0.25, -0.2) is 4.79 Å². The summed E-state index contributed by atoms with van der Waals surface area (Å²) in [6.45, 7) is 0.310. The van der Waals surface area contributed by atoms with Gasteiger partial charge in [-0.1, -0.05) is 42.2 Å². The fraction of sp³-hybridized carbons (Fsp3) is 0.120. The number of ether oxygens (including phenoxy) is 1. The highest BCUT2D eigenvalue weighted by Gasteiger charge is 2.07. The predicted octanol–water partition coefficient (Wildman–Crippen LogP) is 3.92. The molecule has 3 aromatic rings. The van der Waals surface area contributed by atoms with E-state index in [1.807, 2.05) is 30.3 Å². The fourth-order valence-electron chi connectivity index (χ4n) is 2.82. The molecule has 0 aliphatic carbocycles. The van der Waals surface area contributed by atoms with E-state index in [2.05, 4.69) is 17.2 Å². The van der Waals surface area contributed by atoms with Crippen LogP contribution in [-0.4, -0.2) is 24.1 Å². The number of methoxy groups -OCH3 is 1. The Morgan fingerprint density at radius 2 is 1.70 bits per heavy atom. The number of nitrogens with one attached hydrogen (secondary N) is 1. The first kappa shape index (κ1) is 20.7. The van der Waals surface area contributed by atoms with Crippen molar-refractivity contribution in [3.63, 3.8) is 0 Å². The van der Waals surface area contributed by atoms with Gasteiger partial charge in [-0.15, -0.1) is 0 Å². The fourth-order valence-corrected chi connectivity index (χ4v) is 2.82. The number of hydrogen-bond acceptors (Lipinski definition) is 3. The molecule has 1 amide bonds. The molecule has 3 rings (SSSR count). The standard InChI is InChI=1S/C25H21NO4/c1-30-23-10-4-8-19(16-23)6-2-5-18-7-3-9-22(15-18)24(27)26-17-20-11-13-21(14-12-20)25(28)29/h3-4,7-16H,6,17H2,1H3,(H,26,27)(H,28,29). The molecule has 0 aliphatic rings. The maximum Gasteiger partial charge on any atom is 0.335 e. The second-order valence-electron chi connectivity index (χ2n) is 6.60. The molecule has 0 atom stereocenters. The van der Waals surface area contributed by atoms with Crippen LogP contribution in [0, 0.1) is 11.8 Å². The number of hydrogen-bond donors (Lipinski definition) is 2. The summed E-state index contributed by atoms with van der Waals surface area (Å²) in [5.41, 5.74) is 3.37. The highest BCUT2D eigenvalue weighted by Crippen LogP contribution is 2.13. The van der Waals surface area contributed by atoms with Crippen molar-refractivity contribution in [2.24, 2.45) is 0 Å². The third kappa shape index (κ3) is 5.73. The van der Waals surface area contributed by atoms with E-state index in [4.69, 9.17) is 9.84 Å². The van der Waals surface area contributed by atoms with Crippen molar-refractivity contribution in [2.45, 2.75) is 13.0 Å². The van der Waals surface area contributed by atoms with Gasteiger partial charge in [-0.3, -0.25) is 4.79 Å². The van der Waals surface area contributed by atoms with Crippen LogP contribution in [0.15, 0.2) is 72.8 Å². The zero-order chi connectivity index (χ0) is 21.3. The molecule has 0 spiro atoms. The third-order valence-corrected chi connectivity index (χ3v) is 4.44. The van der Waals surface area contributed by atoms with Crippen LogP contribution >= 0.6 is 0 Å². The second kappa shape index (κ2) is 9.94. The highest BCUT2D eigenvalue weighted by atomic mass is 16.5. The molecule has 3 aromatic carbocycles. The van der Waals surface area contributed by atoms with Gasteiger partial charge in [0.2, 0.25) is 0 Å². The number of carbonyl (C=O) groups is 2. The smallest absolute Gasteiger partial charge is 0.335 e. The lowest BCUT2D eigenvalue weighted by Crippen LogP contribution is -2.22. The van der Waals surface area contributed by atoms with E-state index in [1.165, 1.54) is 12.1 Å². The zero-order valence-corrected chi connectivity index (χ0v) is 16.5. The molecule has 0 heterocycles. The minimum absolute atomic E-state index is 0.213. The lowest BCUT2D eigenvalue weighted by molar-refractivity contribution is 0.0696. The Morgan fingerprint density at radius 3 is 2.43 bits per heavy atom. The van der Waals surface area contributed by atoms with Gasteiger partial charge in [-0.05, 0) is 53.6 Å². The van der Waals surface area contributed by atoms with Gasteiger partial charge >= 0.3 is 5.97 Å². The molecule has 0 unspecified atom stereocenters.